The number of aliphatic hydroxyl groups is 1. The number of benzene rings is 5. The monoisotopic (exact) mass is 559 g/mol. The van der Waals surface area contributed by atoms with E-state index in [4.69, 9.17) is 4.98 Å². The predicted octanol–water partition coefficient (Wildman–Crippen LogP) is 8.88. The molecule has 0 spiro atoms. The van der Waals surface area contributed by atoms with E-state index in [-0.39, 0.29) is 0 Å². The van der Waals surface area contributed by atoms with Crippen molar-refractivity contribution in [3.8, 4) is 44.9 Å². The second-order valence-corrected chi connectivity index (χ2v) is 11.1. The largest absolute Gasteiger partial charge is 0.389 e. The Morgan fingerprint density at radius 3 is 1.74 bits per heavy atom. The summed E-state index contributed by atoms with van der Waals surface area (Å²) in [5, 5.41) is 13.0. The lowest BCUT2D eigenvalue weighted by atomic mass is 9.98. The number of rotatable bonds is 8. The van der Waals surface area contributed by atoms with Crippen molar-refractivity contribution < 1.29 is 5.11 Å². The van der Waals surface area contributed by atoms with Gasteiger partial charge in [-0.25, -0.2) is 4.98 Å². The number of hydrogen-bond donors (Lipinski definition) is 1. The van der Waals surface area contributed by atoms with E-state index in [1.807, 2.05) is 48.8 Å². The van der Waals surface area contributed by atoms with Gasteiger partial charge in [-0.1, -0.05) is 133 Å². The van der Waals surface area contributed by atoms with Crippen molar-refractivity contribution in [1.29, 1.82) is 0 Å². The zero-order valence-corrected chi connectivity index (χ0v) is 24.1. The Kier molecular flexibility index (Phi) is 7.20. The molecule has 2 aromatic heterocycles. The van der Waals surface area contributed by atoms with E-state index in [2.05, 4.69) is 113 Å². The summed E-state index contributed by atoms with van der Waals surface area (Å²) in [6, 6.07) is 48.3. The van der Waals surface area contributed by atoms with Crippen LogP contribution in [0.25, 0.3) is 55.8 Å². The van der Waals surface area contributed by atoms with Crippen molar-refractivity contribution >= 4 is 10.9 Å². The molecule has 7 rings (SSSR count). The van der Waals surface area contributed by atoms with Gasteiger partial charge in [0.1, 0.15) is 0 Å². The van der Waals surface area contributed by atoms with Crippen LogP contribution >= 0.6 is 0 Å². The smallest absolute Gasteiger partial charge is 0.0963 e. The molecule has 0 radical (unpaired) electrons. The van der Waals surface area contributed by atoms with Crippen LogP contribution in [-0.4, -0.2) is 25.3 Å². The van der Waals surface area contributed by atoms with Crippen LogP contribution < -0.4 is 0 Å². The lowest BCUT2D eigenvalue weighted by molar-refractivity contribution is 0.137. The highest BCUT2D eigenvalue weighted by Gasteiger charge is 2.23. The predicted molar refractivity (Wildman–Crippen MR) is 177 cm³/mol. The molecule has 1 atom stereocenters. The van der Waals surface area contributed by atoms with E-state index >= 15 is 0 Å². The van der Waals surface area contributed by atoms with Gasteiger partial charge in [-0.3, -0.25) is 0 Å². The summed E-state index contributed by atoms with van der Waals surface area (Å²) in [5.41, 5.74) is 11.0. The summed E-state index contributed by atoms with van der Waals surface area (Å²) in [6.45, 7) is 2.98. The summed E-state index contributed by atoms with van der Waals surface area (Å²) < 4.78 is 4.40. The number of aromatic nitrogens is 3. The Hall–Kier alpha value is -5.19. The number of aliphatic hydroxyl groups excluding tert-OH is 1. The third-order valence-electron chi connectivity index (χ3n) is 8.06. The van der Waals surface area contributed by atoms with Gasteiger partial charge in [0, 0.05) is 27.6 Å². The van der Waals surface area contributed by atoms with Crippen LogP contribution in [0.15, 0.2) is 146 Å². The molecule has 2 heterocycles. The SMILES string of the molecule is Cc1ccc2c(c1)c(-c1ccccc1)c(-c1ccccc1)n2C[C@H](O)Cn1cnc(-c2ccccc2)c1-c1ccccc1. The van der Waals surface area contributed by atoms with E-state index in [1.165, 1.54) is 22.1 Å². The second kappa shape index (κ2) is 11.6. The topological polar surface area (TPSA) is 43.0 Å². The van der Waals surface area contributed by atoms with Gasteiger partial charge in [0.25, 0.3) is 0 Å². The minimum atomic E-state index is -0.664. The normalized spacial score (nSPS) is 12.0. The number of imidazole rings is 1. The summed E-state index contributed by atoms with van der Waals surface area (Å²) >= 11 is 0. The van der Waals surface area contributed by atoms with Gasteiger partial charge in [0.15, 0.2) is 0 Å². The van der Waals surface area contributed by atoms with Gasteiger partial charge >= 0.3 is 0 Å². The lowest BCUT2D eigenvalue weighted by Crippen LogP contribution is -2.22. The van der Waals surface area contributed by atoms with Gasteiger partial charge in [0.05, 0.1) is 42.6 Å². The fourth-order valence-corrected chi connectivity index (χ4v) is 6.17. The van der Waals surface area contributed by atoms with Crippen LogP contribution in [0.3, 0.4) is 0 Å². The Morgan fingerprint density at radius 1 is 0.605 bits per heavy atom. The highest BCUT2D eigenvalue weighted by Crippen LogP contribution is 2.41. The zero-order valence-electron chi connectivity index (χ0n) is 24.1. The summed E-state index contributed by atoms with van der Waals surface area (Å²) in [7, 11) is 0. The first-order valence-electron chi connectivity index (χ1n) is 14.7. The zero-order chi connectivity index (χ0) is 29.2. The van der Waals surface area contributed by atoms with Crippen LogP contribution in [0.4, 0.5) is 0 Å². The van der Waals surface area contributed by atoms with Gasteiger partial charge < -0.3 is 14.2 Å². The molecule has 1 N–H and O–H groups in total. The molecule has 43 heavy (non-hydrogen) atoms. The van der Waals surface area contributed by atoms with E-state index < -0.39 is 6.10 Å². The minimum Gasteiger partial charge on any atom is -0.389 e. The van der Waals surface area contributed by atoms with Crippen molar-refractivity contribution in [2.24, 2.45) is 0 Å². The quantitative estimate of drug-likeness (QED) is 0.202. The fourth-order valence-electron chi connectivity index (χ4n) is 6.17. The van der Waals surface area contributed by atoms with E-state index in [1.54, 1.807) is 0 Å². The molecule has 0 amide bonds. The third-order valence-corrected chi connectivity index (χ3v) is 8.06. The standard InChI is InChI=1S/C39H33N3O/c1-28-22-23-35-34(24-28)36(29-14-6-2-7-15-29)38(31-18-10-4-11-19-31)42(35)26-33(43)25-41-27-40-37(30-16-8-3-9-17-30)39(41)32-20-12-5-13-21-32/h2-24,27,33,43H,25-26H2,1H3/t33-/m1/s1. The number of hydrogen-bond acceptors (Lipinski definition) is 2. The number of nitrogens with zero attached hydrogens (tertiary/aromatic N) is 3. The van der Waals surface area contributed by atoms with Crippen LogP contribution in [0.2, 0.25) is 0 Å². The summed E-state index contributed by atoms with van der Waals surface area (Å²) in [4.78, 5) is 4.84. The van der Waals surface area contributed by atoms with E-state index in [0.717, 1.165) is 39.3 Å². The molecule has 7 aromatic rings. The molecular formula is C39H33N3O. The number of fused-ring (bicyclic) bond motifs is 1. The summed E-state index contributed by atoms with van der Waals surface area (Å²) in [5.74, 6) is 0. The summed E-state index contributed by atoms with van der Waals surface area (Å²) in [6.07, 6.45) is 1.20. The first kappa shape index (κ1) is 26.7. The maximum atomic E-state index is 11.8. The average molecular weight is 560 g/mol. The van der Waals surface area contributed by atoms with Crippen molar-refractivity contribution in [2.45, 2.75) is 26.1 Å². The first-order valence-corrected chi connectivity index (χ1v) is 14.7. The Labute approximate surface area is 252 Å². The molecule has 0 saturated carbocycles. The van der Waals surface area contributed by atoms with Gasteiger partial charge in [0.2, 0.25) is 0 Å². The van der Waals surface area contributed by atoms with Gasteiger partial charge in [-0.2, -0.15) is 0 Å². The van der Waals surface area contributed by atoms with Crippen LogP contribution in [0, 0.1) is 6.92 Å². The molecule has 0 saturated heterocycles. The van der Waals surface area contributed by atoms with Crippen LogP contribution in [0.1, 0.15) is 5.56 Å². The Bertz CT molecular complexity index is 1980. The van der Waals surface area contributed by atoms with Crippen molar-refractivity contribution in [3.63, 3.8) is 0 Å². The third kappa shape index (κ3) is 5.18. The van der Waals surface area contributed by atoms with Crippen molar-refractivity contribution in [2.75, 3.05) is 0 Å². The molecule has 0 fully saturated rings. The molecule has 4 nitrogen and oxygen atoms in total. The van der Waals surface area contributed by atoms with Gasteiger partial charge in [-0.05, 0) is 30.2 Å². The average Bonchev–Trinajstić information content (AvgIpc) is 3.61. The van der Waals surface area contributed by atoms with Crippen molar-refractivity contribution in [3.05, 3.63) is 151 Å². The van der Waals surface area contributed by atoms with Crippen LogP contribution in [0.5, 0.6) is 0 Å². The highest BCUT2D eigenvalue weighted by molar-refractivity contribution is 6.04. The molecule has 4 heteroatoms. The van der Waals surface area contributed by atoms with Gasteiger partial charge in [-0.15, -0.1) is 0 Å². The molecule has 0 aliphatic carbocycles. The molecule has 210 valence electrons. The molecular weight excluding hydrogens is 526 g/mol. The van der Waals surface area contributed by atoms with Crippen molar-refractivity contribution in [1.82, 2.24) is 14.1 Å². The molecule has 5 aromatic carbocycles. The molecule has 0 bridgehead atoms. The van der Waals surface area contributed by atoms with E-state index in [9.17, 15) is 5.11 Å². The molecule has 0 aliphatic heterocycles. The fraction of sp³-hybridized carbons (Fsp3) is 0.103. The number of aryl methyl sites for hydroxylation is 1. The minimum absolute atomic E-state index is 0.407. The highest BCUT2D eigenvalue weighted by atomic mass is 16.3. The maximum Gasteiger partial charge on any atom is 0.0963 e. The van der Waals surface area contributed by atoms with E-state index in [0.29, 0.717) is 13.1 Å². The lowest BCUT2D eigenvalue weighted by Gasteiger charge is -2.19. The second-order valence-electron chi connectivity index (χ2n) is 11.1. The Balaban J connectivity index is 1.34. The molecule has 0 aliphatic rings. The maximum absolute atomic E-state index is 11.8. The van der Waals surface area contributed by atoms with Crippen LogP contribution in [-0.2, 0) is 13.1 Å². The first-order chi connectivity index (χ1) is 21.2. The Morgan fingerprint density at radius 2 is 1.14 bits per heavy atom. The molecule has 0 unspecified atom stereocenters.